The van der Waals surface area contributed by atoms with Crippen LogP contribution in [0, 0.1) is 23.3 Å². The Morgan fingerprint density at radius 2 is 1.02 bits per heavy atom. The van der Waals surface area contributed by atoms with Crippen LogP contribution in [0.1, 0.15) is 12.1 Å². The second-order valence-electron chi connectivity index (χ2n) is 11.1. The highest BCUT2D eigenvalue weighted by atomic mass is 35.5. The molecule has 10 atom stereocenters. The molecule has 0 aliphatic carbocycles. The number of aliphatic hydroxyl groups is 6. The molecule has 0 bridgehead atoms. The van der Waals surface area contributed by atoms with Crippen molar-refractivity contribution in [2.24, 2.45) is 0 Å². The highest BCUT2D eigenvalue weighted by Crippen LogP contribution is 2.42. The van der Waals surface area contributed by atoms with Gasteiger partial charge in [-0.2, -0.15) is 0 Å². The van der Waals surface area contributed by atoms with E-state index in [1.165, 1.54) is 0 Å². The van der Waals surface area contributed by atoms with Crippen LogP contribution in [0.2, 0.25) is 10.0 Å². The number of aliphatic hydroxyl groups excluding tert-OH is 6. The predicted molar refractivity (Wildman–Crippen MR) is 162 cm³/mol. The van der Waals surface area contributed by atoms with Crippen LogP contribution in [0.3, 0.4) is 0 Å². The van der Waals surface area contributed by atoms with Crippen molar-refractivity contribution in [3.05, 3.63) is 70.0 Å². The lowest BCUT2D eigenvalue weighted by molar-refractivity contribution is -0.189. The smallest absolute Gasteiger partial charge is 0.178 e. The Kier molecular flexibility index (Phi) is 10.5. The first-order valence-electron chi connectivity index (χ1n) is 14.4. The molecule has 4 heterocycles. The van der Waals surface area contributed by atoms with Gasteiger partial charge in [-0.15, -0.1) is 10.2 Å². The van der Waals surface area contributed by atoms with Gasteiger partial charge in [-0.25, -0.2) is 26.9 Å². The topological polar surface area (TPSA) is 201 Å². The number of hydrogen-bond donors (Lipinski definition) is 6. The molecule has 4 unspecified atom stereocenters. The first-order valence-corrected chi connectivity index (χ1v) is 16.1. The van der Waals surface area contributed by atoms with Gasteiger partial charge in [0.25, 0.3) is 0 Å². The van der Waals surface area contributed by atoms with E-state index in [9.17, 15) is 48.2 Å². The molecule has 14 nitrogen and oxygen atoms in total. The molecule has 264 valence electrons. The van der Waals surface area contributed by atoms with E-state index >= 15 is 0 Å². The second-order valence-corrected chi connectivity index (χ2v) is 13.2. The SMILES string of the molecule is OCC1O[C@@H](S[C@@H]2O[C@H](CO)C(O)C(n3cc(-c4ccc(Cl)c(F)c4F)nn3)[C@H]2O)C(O)[C@@H](n2cc(-c3ccc(Cl)c(F)c3F)nn2)[C@H]1O. The molecule has 2 aromatic heterocycles. The molecule has 2 aliphatic rings. The van der Waals surface area contributed by atoms with Gasteiger partial charge >= 0.3 is 0 Å². The summed E-state index contributed by atoms with van der Waals surface area (Å²) in [7, 11) is 0. The van der Waals surface area contributed by atoms with Gasteiger partial charge in [0, 0.05) is 11.1 Å². The van der Waals surface area contributed by atoms with E-state index in [0.717, 1.165) is 46.0 Å². The highest BCUT2D eigenvalue weighted by Gasteiger charge is 2.51. The summed E-state index contributed by atoms with van der Waals surface area (Å²) in [6.07, 6.45) is -7.01. The van der Waals surface area contributed by atoms with E-state index in [0.29, 0.717) is 11.8 Å². The van der Waals surface area contributed by atoms with Crippen LogP contribution in [-0.2, 0) is 9.47 Å². The van der Waals surface area contributed by atoms with Gasteiger partial charge in [0.2, 0.25) is 0 Å². The number of hydrogen-bond acceptors (Lipinski definition) is 13. The molecular weight excluding hydrogens is 727 g/mol. The standard InChI is InChI=1S/C28H26Cl2F4N6O8S/c29-11-3-1-9(17(31)19(11)33)13-5-39(37-35-13)21-23(43)15(7-41)47-27(25(21)45)49-28-26(46)22(24(44)16(8-42)48-28)40-6-14(36-38-40)10-2-4-12(30)20(34)18(10)32/h1-6,15-16,21-28,41-46H,7-8H2/t15-,16?,21?,22+,23?,24+,25-,26?,27+,28+/m1/s1. The summed E-state index contributed by atoms with van der Waals surface area (Å²) in [5.74, 6) is -5.25. The molecule has 2 saturated heterocycles. The van der Waals surface area contributed by atoms with Crippen LogP contribution in [0.4, 0.5) is 17.6 Å². The molecule has 0 saturated carbocycles. The zero-order valence-corrected chi connectivity index (χ0v) is 26.8. The Bertz CT molecular complexity index is 1700. The first-order chi connectivity index (χ1) is 23.4. The number of aromatic nitrogens is 6. The van der Waals surface area contributed by atoms with E-state index in [2.05, 4.69) is 20.6 Å². The van der Waals surface area contributed by atoms with Crippen LogP contribution in [0.15, 0.2) is 36.7 Å². The van der Waals surface area contributed by atoms with Crippen LogP contribution < -0.4 is 0 Å². The molecule has 2 aliphatic heterocycles. The van der Waals surface area contributed by atoms with Crippen LogP contribution in [-0.4, -0.2) is 121 Å². The highest BCUT2D eigenvalue weighted by molar-refractivity contribution is 8.00. The maximum absolute atomic E-state index is 14.6. The lowest BCUT2D eigenvalue weighted by atomic mass is 9.97. The fourth-order valence-corrected chi connectivity index (χ4v) is 7.27. The van der Waals surface area contributed by atoms with E-state index in [4.69, 9.17) is 32.7 Å². The Morgan fingerprint density at radius 3 is 1.39 bits per heavy atom. The number of ether oxygens (including phenoxy) is 2. The molecule has 6 N–H and O–H groups in total. The summed E-state index contributed by atoms with van der Waals surface area (Å²) >= 11 is 11.9. The Balaban J connectivity index is 1.26. The largest absolute Gasteiger partial charge is 0.394 e. The Labute approximate surface area is 287 Å². The van der Waals surface area contributed by atoms with Crippen molar-refractivity contribution in [2.45, 2.75) is 59.6 Å². The zero-order valence-electron chi connectivity index (χ0n) is 24.5. The molecule has 0 amide bonds. The average molecular weight is 754 g/mol. The van der Waals surface area contributed by atoms with E-state index in [1.807, 2.05) is 0 Å². The van der Waals surface area contributed by atoms with Crippen molar-refractivity contribution >= 4 is 35.0 Å². The minimum Gasteiger partial charge on any atom is -0.394 e. The molecule has 2 fully saturated rings. The van der Waals surface area contributed by atoms with Crippen molar-refractivity contribution in [2.75, 3.05) is 13.2 Å². The summed E-state index contributed by atoms with van der Waals surface area (Å²) in [4.78, 5) is 0. The molecule has 49 heavy (non-hydrogen) atoms. The number of halogens is 6. The summed E-state index contributed by atoms with van der Waals surface area (Å²) in [6.45, 7) is -1.50. The molecule has 0 radical (unpaired) electrons. The predicted octanol–water partition coefficient (Wildman–Crippen LogP) is 1.46. The maximum Gasteiger partial charge on any atom is 0.178 e. The summed E-state index contributed by atoms with van der Waals surface area (Å²) in [6, 6.07) is 1.74. The van der Waals surface area contributed by atoms with Gasteiger partial charge in [0.1, 0.15) is 71.0 Å². The molecule has 2 aromatic carbocycles. The third-order valence-corrected chi connectivity index (χ3v) is 10.1. The maximum atomic E-state index is 14.6. The Hall–Kier alpha value is -2.95. The quantitative estimate of drug-likeness (QED) is 0.112. The average Bonchev–Trinajstić information content (AvgIpc) is 3.76. The normalized spacial score (nSPS) is 30.5. The monoisotopic (exact) mass is 752 g/mol. The molecule has 4 aromatic rings. The third kappa shape index (κ3) is 6.53. The van der Waals surface area contributed by atoms with Gasteiger partial charge in [-0.1, -0.05) is 45.4 Å². The van der Waals surface area contributed by atoms with Gasteiger partial charge in [-0.05, 0) is 24.3 Å². The summed E-state index contributed by atoms with van der Waals surface area (Å²) < 4.78 is 70.8. The van der Waals surface area contributed by atoms with Crippen molar-refractivity contribution in [3.63, 3.8) is 0 Å². The number of thioether (sulfide) groups is 1. The molecule has 0 spiro atoms. The van der Waals surface area contributed by atoms with Crippen molar-refractivity contribution < 1.29 is 57.7 Å². The van der Waals surface area contributed by atoms with Crippen LogP contribution >= 0.6 is 35.0 Å². The lowest BCUT2D eigenvalue weighted by Crippen LogP contribution is -2.58. The lowest BCUT2D eigenvalue weighted by Gasteiger charge is -2.46. The van der Waals surface area contributed by atoms with E-state index < -0.39 is 106 Å². The Morgan fingerprint density at radius 1 is 0.633 bits per heavy atom. The minimum atomic E-state index is -1.68. The number of nitrogens with zero attached hydrogens (tertiary/aromatic N) is 6. The van der Waals surface area contributed by atoms with Gasteiger partial charge < -0.3 is 40.1 Å². The fraction of sp³-hybridized carbons (Fsp3) is 0.429. The number of rotatable bonds is 8. The number of benzene rings is 2. The zero-order chi connectivity index (χ0) is 35.3. The second kappa shape index (κ2) is 14.3. The minimum absolute atomic E-state index is 0.175. The van der Waals surface area contributed by atoms with Crippen LogP contribution in [0.5, 0.6) is 0 Å². The summed E-state index contributed by atoms with van der Waals surface area (Å²) in [5.41, 5.74) is -3.76. The third-order valence-electron chi connectivity index (χ3n) is 8.22. The van der Waals surface area contributed by atoms with Gasteiger partial charge in [-0.3, -0.25) is 0 Å². The van der Waals surface area contributed by atoms with Crippen LogP contribution in [0.25, 0.3) is 22.5 Å². The van der Waals surface area contributed by atoms with E-state index in [1.54, 1.807) is 0 Å². The van der Waals surface area contributed by atoms with Gasteiger partial charge in [0.05, 0.1) is 35.7 Å². The van der Waals surface area contributed by atoms with Gasteiger partial charge in [0.15, 0.2) is 23.3 Å². The van der Waals surface area contributed by atoms with E-state index in [-0.39, 0.29) is 22.5 Å². The van der Waals surface area contributed by atoms with Crippen molar-refractivity contribution in [3.8, 4) is 22.5 Å². The van der Waals surface area contributed by atoms with Crippen molar-refractivity contribution in [1.29, 1.82) is 0 Å². The van der Waals surface area contributed by atoms with Crippen molar-refractivity contribution in [1.82, 2.24) is 30.0 Å². The first kappa shape index (κ1) is 35.9. The molecule has 6 rings (SSSR count). The summed E-state index contributed by atoms with van der Waals surface area (Å²) in [5, 5.41) is 79.1. The molecular formula is C28H26Cl2F4N6O8S. The molecule has 21 heteroatoms. The fourth-order valence-electron chi connectivity index (χ4n) is 5.66.